The molecule has 1 aromatic heterocycles. The molecular formula is C22H30N3O9PS. The number of para-hydroxylation sites is 1. The van der Waals surface area contributed by atoms with Crippen LogP contribution in [-0.2, 0) is 23.4 Å². The van der Waals surface area contributed by atoms with Gasteiger partial charge in [0.2, 0.25) is 0 Å². The molecule has 2 heterocycles. The fourth-order valence-electron chi connectivity index (χ4n) is 3.38. The predicted octanol–water partition coefficient (Wildman–Crippen LogP) is 1.97. The van der Waals surface area contributed by atoms with Crippen LogP contribution < -0.4 is 15.2 Å². The molecule has 4 N–H and O–H groups in total. The van der Waals surface area contributed by atoms with E-state index in [-0.39, 0.29) is 22.2 Å². The molecule has 2 unspecified atom stereocenters. The summed E-state index contributed by atoms with van der Waals surface area (Å²) in [4.78, 5) is 26.5. The molecule has 1 saturated heterocycles. The van der Waals surface area contributed by atoms with Crippen molar-refractivity contribution in [2.45, 2.75) is 64.4 Å². The molecule has 1 aliphatic rings. The van der Waals surface area contributed by atoms with Crippen LogP contribution in [0.15, 0.2) is 41.3 Å². The number of ether oxygens (including phenoxy) is 2. The Morgan fingerprint density at radius 1 is 1.25 bits per heavy atom. The van der Waals surface area contributed by atoms with Crippen LogP contribution in [0.2, 0.25) is 0 Å². The van der Waals surface area contributed by atoms with E-state index in [2.05, 4.69) is 10.1 Å². The van der Waals surface area contributed by atoms with Gasteiger partial charge < -0.3 is 24.2 Å². The topological polar surface area (TPSA) is 161 Å². The van der Waals surface area contributed by atoms with Gasteiger partial charge >= 0.3 is 13.7 Å². The molecule has 0 amide bonds. The van der Waals surface area contributed by atoms with Crippen molar-refractivity contribution in [1.29, 1.82) is 0 Å². The summed E-state index contributed by atoms with van der Waals surface area (Å²) in [6.45, 7) is 5.87. The summed E-state index contributed by atoms with van der Waals surface area (Å²) < 4.78 is 36.9. The summed E-state index contributed by atoms with van der Waals surface area (Å²) in [5.74, 6) is -0.459. The van der Waals surface area contributed by atoms with Crippen molar-refractivity contribution in [1.82, 2.24) is 14.6 Å². The average Bonchev–Trinajstić information content (AvgIpc) is 3.08. The van der Waals surface area contributed by atoms with Gasteiger partial charge in [0, 0.05) is 11.8 Å². The Morgan fingerprint density at radius 2 is 1.92 bits per heavy atom. The molecule has 1 fully saturated rings. The van der Waals surface area contributed by atoms with Crippen molar-refractivity contribution in [3.05, 3.63) is 57.2 Å². The highest BCUT2D eigenvalue weighted by atomic mass is 32.1. The van der Waals surface area contributed by atoms with Crippen LogP contribution in [0, 0.1) is 11.7 Å². The lowest BCUT2D eigenvalue weighted by Gasteiger charge is -2.25. The molecule has 36 heavy (non-hydrogen) atoms. The van der Waals surface area contributed by atoms with Crippen molar-refractivity contribution < 1.29 is 38.1 Å². The van der Waals surface area contributed by atoms with Gasteiger partial charge in [0.1, 0.15) is 30.1 Å². The Balaban J connectivity index is 1.77. The second-order valence-electron chi connectivity index (χ2n) is 8.56. The van der Waals surface area contributed by atoms with Gasteiger partial charge in [-0.2, -0.15) is 5.09 Å². The van der Waals surface area contributed by atoms with Crippen molar-refractivity contribution in [3.63, 3.8) is 0 Å². The first-order chi connectivity index (χ1) is 16.9. The lowest BCUT2D eigenvalue weighted by molar-refractivity contribution is -0.149. The fourth-order valence-corrected chi connectivity index (χ4v) is 5.13. The van der Waals surface area contributed by atoms with E-state index >= 15 is 0 Å². The number of aromatic amines is 1. The summed E-state index contributed by atoms with van der Waals surface area (Å²) in [5.41, 5.74) is -0.0693. The maximum Gasteiger partial charge on any atom is 0.459 e. The minimum Gasteiger partial charge on any atom is -0.462 e. The minimum absolute atomic E-state index is 0.0133. The molecule has 12 nitrogen and oxygen atoms in total. The summed E-state index contributed by atoms with van der Waals surface area (Å²) in [6, 6.07) is 7.11. The van der Waals surface area contributed by atoms with Gasteiger partial charge in [-0.05, 0) is 52.0 Å². The van der Waals surface area contributed by atoms with Gasteiger partial charge in [0.25, 0.3) is 5.56 Å². The summed E-state index contributed by atoms with van der Waals surface area (Å²) >= 11 is 5.15. The summed E-state index contributed by atoms with van der Waals surface area (Å²) in [6.07, 6.45) is -4.15. The molecule has 3 rings (SSSR count). The number of hydrogen-bond acceptors (Lipinski definition) is 10. The average molecular weight is 544 g/mol. The van der Waals surface area contributed by atoms with Crippen molar-refractivity contribution in [2.75, 3.05) is 6.61 Å². The number of nitrogens with zero attached hydrogens (tertiary/aromatic N) is 1. The molecule has 14 heteroatoms. The zero-order valence-electron chi connectivity index (χ0n) is 20.2. The third kappa shape index (κ3) is 6.88. The lowest BCUT2D eigenvalue weighted by Crippen LogP contribution is -2.38. The zero-order valence-corrected chi connectivity index (χ0v) is 21.9. The molecule has 0 aliphatic carbocycles. The van der Waals surface area contributed by atoms with E-state index < -0.39 is 50.9 Å². The highest BCUT2D eigenvalue weighted by Gasteiger charge is 2.45. The lowest BCUT2D eigenvalue weighted by atomic mass is 10.1. The van der Waals surface area contributed by atoms with Crippen molar-refractivity contribution in [3.8, 4) is 5.75 Å². The first kappa shape index (κ1) is 28.2. The number of H-pyrrole nitrogens is 1. The smallest absolute Gasteiger partial charge is 0.459 e. The molecule has 6 atom stereocenters. The van der Waals surface area contributed by atoms with Gasteiger partial charge in [-0.15, -0.1) is 0 Å². The van der Waals surface area contributed by atoms with Crippen LogP contribution in [0.25, 0.3) is 0 Å². The van der Waals surface area contributed by atoms with Crippen LogP contribution in [0.3, 0.4) is 0 Å². The number of rotatable bonds is 10. The van der Waals surface area contributed by atoms with E-state index in [1.54, 1.807) is 51.1 Å². The van der Waals surface area contributed by atoms with Gasteiger partial charge in [-0.25, -0.2) is 4.57 Å². The first-order valence-electron chi connectivity index (χ1n) is 11.2. The molecule has 198 valence electrons. The molecule has 0 bridgehead atoms. The van der Waals surface area contributed by atoms with E-state index in [1.807, 2.05) is 0 Å². The predicted molar refractivity (Wildman–Crippen MR) is 131 cm³/mol. The Hall–Kier alpha value is -2.38. The number of benzene rings is 1. The Bertz CT molecular complexity index is 1220. The number of aryl methyl sites for hydroxylation is 1. The number of esters is 1. The molecular weight excluding hydrogens is 513 g/mol. The monoisotopic (exact) mass is 543 g/mol. The highest BCUT2D eigenvalue weighted by molar-refractivity contribution is 7.71. The van der Waals surface area contributed by atoms with E-state index in [0.29, 0.717) is 5.56 Å². The number of nitrogens with one attached hydrogen (secondary N) is 2. The fraction of sp³-hybridized carbons (Fsp3) is 0.500. The SMILES string of the molecule is Cc1cn([C@H]2O[C@@H](COP(=O)(N[C@@H](C)C(=O)OC(C)C)Oc3ccccc3)[C@@H](O)C2O)c(=S)[nH]c1=O. The normalized spacial score (nSPS) is 24.3. The number of hydrogen-bond donors (Lipinski definition) is 4. The second-order valence-corrected chi connectivity index (χ2v) is 10.6. The van der Waals surface area contributed by atoms with E-state index in [0.717, 1.165) is 0 Å². The number of carbonyl (C=O) groups excluding carboxylic acids is 1. The van der Waals surface area contributed by atoms with Crippen LogP contribution in [0.1, 0.15) is 32.6 Å². The standard InChI is InChI=1S/C22H30N3O9PS/c1-12(2)32-21(29)14(4)24-35(30,34-15-8-6-5-7-9-15)31-11-16-17(26)18(27)20(33-16)25-10-13(3)19(28)23-22(25)36/h5-10,12,14,16-18,20,26-27H,11H2,1-4H3,(H,24,30)(H,23,28,36)/t14-,16-,17+,18?,20-,35?/m0/s1. The van der Waals surface area contributed by atoms with Gasteiger partial charge in [-0.1, -0.05) is 18.2 Å². The maximum absolute atomic E-state index is 13.6. The van der Waals surface area contributed by atoms with E-state index in [9.17, 15) is 24.4 Å². The van der Waals surface area contributed by atoms with Gasteiger partial charge in [0.15, 0.2) is 11.0 Å². The van der Waals surface area contributed by atoms with Crippen LogP contribution in [0.4, 0.5) is 0 Å². The molecule has 1 aliphatic heterocycles. The summed E-state index contributed by atoms with van der Waals surface area (Å²) in [5, 5.41) is 23.7. The van der Waals surface area contributed by atoms with Gasteiger partial charge in [-0.3, -0.25) is 23.7 Å². The number of aliphatic hydroxyl groups is 2. The Labute approximate surface area is 212 Å². The Kier molecular flexibility index (Phi) is 9.23. The molecule has 1 aromatic carbocycles. The maximum atomic E-state index is 13.6. The van der Waals surface area contributed by atoms with Crippen molar-refractivity contribution >= 4 is 25.9 Å². The van der Waals surface area contributed by atoms with E-state index in [1.165, 1.54) is 17.7 Å². The zero-order chi connectivity index (χ0) is 26.6. The summed E-state index contributed by atoms with van der Waals surface area (Å²) in [7, 11) is -4.21. The molecule has 2 aromatic rings. The minimum atomic E-state index is -4.21. The van der Waals surface area contributed by atoms with Crippen LogP contribution in [-0.4, -0.2) is 62.8 Å². The van der Waals surface area contributed by atoms with Gasteiger partial charge in [0.05, 0.1) is 12.7 Å². The number of carbonyl (C=O) groups is 1. The first-order valence-corrected chi connectivity index (χ1v) is 13.2. The Morgan fingerprint density at radius 3 is 2.56 bits per heavy atom. The number of aromatic nitrogens is 2. The number of aliphatic hydroxyl groups excluding tert-OH is 2. The molecule has 0 saturated carbocycles. The second kappa shape index (κ2) is 11.8. The third-order valence-electron chi connectivity index (χ3n) is 5.19. The quantitative estimate of drug-likeness (QED) is 0.197. The van der Waals surface area contributed by atoms with Crippen molar-refractivity contribution in [2.24, 2.45) is 0 Å². The van der Waals surface area contributed by atoms with E-state index in [4.69, 9.17) is 30.7 Å². The molecule has 0 radical (unpaired) electrons. The largest absolute Gasteiger partial charge is 0.462 e. The molecule has 0 spiro atoms. The van der Waals surface area contributed by atoms with Crippen LogP contribution in [0.5, 0.6) is 5.75 Å². The highest BCUT2D eigenvalue weighted by Crippen LogP contribution is 2.46. The third-order valence-corrected chi connectivity index (χ3v) is 7.15. The van der Waals surface area contributed by atoms with Crippen LogP contribution >= 0.6 is 20.0 Å².